The van der Waals surface area contributed by atoms with Gasteiger partial charge in [0.25, 0.3) is 0 Å². The molecule has 0 spiro atoms. The van der Waals surface area contributed by atoms with Crippen molar-refractivity contribution in [3.63, 3.8) is 0 Å². The topological polar surface area (TPSA) is 18.5 Å². The Hall–Kier alpha value is -0.0800. The van der Waals surface area contributed by atoms with Crippen LogP contribution >= 0.6 is 0 Å². The molecule has 0 aliphatic heterocycles. The van der Waals surface area contributed by atoms with Crippen molar-refractivity contribution in [1.29, 1.82) is 0 Å². The summed E-state index contributed by atoms with van der Waals surface area (Å²) in [6.07, 6.45) is 7.79. The average Bonchev–Trinajstić information content (AvgIpc) is 2.14. The first-order valence-electron chi connectivity index (χ1n) is 6.97. The molecule has 0 atom stereocenters. The minimum atomic E-state index is 0.188. The third kappa shape index (κ3) is 1.62. The molecule has 0 aromatic carbocycles. The van der Waals surface area contributed by atoms with E-state index in [1.165, 1.54) is 32.1 Å². The van der Waals surface area contributed by atoms with Crippen LogP contribution in [-0.2, 0) is 9.47 Å². The minimum Gasteiger partial charge on any atom is -0.375 e. The van der Waals surface area contributed by atoms with E-state index >= 15 is 0 Å². The van der Waals surface area contributed by atoms with Crippen LogP contribution in [0.25, 0.3) is 0 Å². The lowest BCUT2D eigenvalue weighted by Gasteiger charge is -2.61. The summed E-state index contributed by atoms with van der Waals surface area (Å²) in [5.74, 6) is 1.75. The highest BCUT2D eigenvalue weighted by Crippen LogP contribution is 2.60. The van der Waals surface area contributed by atoms with Crippen molar-refractivity contribution in [3.8, 4) is 0 Å². The van der Waals surface area contributed by atoms with Gasteiger partial charge in [-0.2, -0.15) is 0 Å². The van der Waals surface area contributed by atoms with Crippen molar-refractivity contribution < 1.29 is 9.47 Å². The lowest BCUT2D eigenvalue weighted by Crippen LogP contribution is -2.60. The second-order valence-electron chi connectivity index (χ2n) is 6.19. The second kappa shape index (κ2) is 3.71. The molecular weight excluding hydrogens is 200 g/mol. The van der Waals surface area contributed by atoms with E-state index in [-0.39, 0.29) is 11.2 Å². The second-order valence-corrected chi connectivity index (χ2v) is 6.19. The van der Waals surface area contributed by atoms with E-state index in [1.807, 2.05) is 0 Å². The minimum absolute atomic E-state index is 0.188. The van der Waals surface area contributed by atoms with Gasteiger partial charge < -0.3 is 9.47 Å². The van der Waals surface area contributed by atoms with Gasteiger partial charge in [-0.25, -0.2) is 0 Å². The highest BCUT2D eigenvalue weighted by Gasteiger charge is 2.58. The molecule has 0 aromatic heterocycles. The van der Waals surface area contributed by atoms with E-state index in [1.54, 1.807) is 0 Å². The fraction of sp³-hybridized carbons (Fsp3) is 1.00. The lowest BCUT2D eigenvalue weighted by molar-refractivity contribution is -0.234. The Morgan fingerprint density at radius 3 is 1.69 bits per heavy atom. The van der Waals surface area contributed by atoms with Gasteiger partial charge in [-0.1, -0.05) is 0 Å². The maximum absolute atomic E-state index is 6.13. The zero-order valence-electron chi connectivity index (χ0n) is 10.6. The van der Waals surface area contributed by atoms with Crippen LogP contribution in [0.3, 0.4) is 0 Å². The summed E-state index contributed by atoms with van der Waals surface area (Å²) in [7, 11) is 0. The zero-order chi connectivity index (χ0) is 11.2. The van der Waals surface area contributed by atoms with Crippen LogP contribution in [0.5, 0.6) is 0 Å². The molecule has 2 nitrogen and oxygen atoms in total. The van der Waals surface area contributed by atoms with Crippen molar-refractivity contribution in [3.05, 3.63) is 0 Å². The highest BCUT2D eigenvalue weighted by atomic mass is 16.5. The van der Waals surface area contributed by atoms with Gasteiger partial charge >= 0.3 is 0 Å². The Balaban J connectivity index is 1.85. The number of hydrogen-bond acceptors (Lipinski definition) is 2. The Morgan fingerprint density at radius 1 is 0.875 bits per heavy atom. The molecule has 4 bridgehead atoms. The quantitative estimate of drug-likeness (QED) is 0.730. The van der Waals surface area contributed by atoms with E-state index < -0.39 is 0 Å². The largest absolute Gasteiger partial charge is 0.375 e. The zero-order valence-corrected chi connectivity index (χ0v) is 10.6. The van der Waals surface area contributed by atoms with Crippen LogP contribution in [0.15, 0.2) is 0 Å². The maximum Gasteiger partial charge on any atom is 0.0715 e. The van der Waals surface area contributed by atoms with Gasteiger partial charge in [0.2, 0.25) is 0 Å². The van der Waals surface area contributed by atoms with Crippen molar-refractivity contribution in [2.45, 2.75) is 63.6 Å². The Morgan fingerprint density at radius 2 is 1.31 bits per heavy atom. The first kappa shape index (κ1) is 11.0. The summed E-state index contributed by atoms with van der Waals surface area (Å²) < 4.78 is 12.3. The molecule has 4 aliphatic carbocycles. The molecule has 0 amide bonds. The van der Waals surface area contributed by atoms with E-state index in [0.717, 1.165) is 31.5 Å². The Labute approximate surface area is 98.7 Å². The van der Waals surface area contributed by atoms with Gasteiger partial charge in [0, 0.05) is 19.6 Å². The summed E-state index contributed by atoms with van der Waals surface area (Å²) in [4.78, 5) is 0. The van der Waals surface area contributed by atoms with Crippen LogP contribution < -0.4 is 0 Å². The molecule has 16 heavy (non-hydrogen) atoms. The fourth-order valence-corrected chi connectivity index (χ4v) is 5.05. The predicted molar refractivity (Wildman–Crippen MR) is 63.4 cm³/mol. The van der Waals surface area contributed by atoms with Crippen LogP contribution in [0.1, 0.15) is 52.4 Å². The third-order valence-corrected chi connectivity index (χ3v) is 4.85. The van der Waals surface area contributed by atoms with Crippen LogP contribution in [0, 0.1) is 11.8 Å². The van der Waals surface area contributed by atoms with Gasteiger partial charge in [-0.05, 0) is 57.8 Å². The monoisotopic (exact) mass is 224 g/mol. The first-order valence-corrected chi connectivity index (χ1v) is 6.97. The van der Waals surface area contributed by atoms with Gasteiger partial charge in [0.1, 0.15) is 0 Å². The van der Waals surface area contributed by atoms with Crippen LogP contribution in [-0.4, -0.2) is 24.4 Å². The smallest absolute Gasteiger partial charge is 0.0715 e. The highest BCUT2D eigenvalue weighted by molar-refractivity contribution is 5.10. The molecule has 0 aromatic rings. The predicted octanol–water partition coefficient (Wildman–Crippen LogP) is 3.15. The summed E-state index contributed by atoms with van der Waals surface area (Å²) >= 11 is 0. The first-order chi connectivity index (χ1) is 7.69. The van der Waals surface area contributed by atoms with Crippen molar-refractivity contribution in [2.24, 2.45) is 11.8 Å². The summed E-state index contributed by atoms with van der Waals surface area (Å²) in [6, 6.07) is 0. The molecule has 0 saturated heterocycles. The molecular formula is C14H24O2. The number of ether oxygens (including phenoxy) is 2. The molecule has 0 radical (unpaired) electrons. The molecule has 0 N–H and O–H groups in total. The van der Waals surface area contributed by atoms with E-state index in [4.69, 9.17) is 9.47 Å². The number of hydrogen-bond donors (Lipinski definition) is 0. The Kier molecular flexibility index (Phi) is 2.56. The molecule has 0 heterocycles. The van der Waals surface area contributed by atoms with Gasteiger partial charge in [0.15, 0.2) is 0 Å². The average molecular weight is 224 g/mol. The normalized spacial score (nSPS) is 49.9. The SMILES string of the molecule is CCOC12CC3CC(C1)CC(OCC)(C3)C2. The summed E-state index contributed by atoms with van der Waals surface area (Å²) in [5.41, 5.74) is 0.377. The van der Waals surface area contributed by atoms with E-state index in [2.05, 4.69) is 13.8 Å². The van der Waals surface area contributed by atoms with Crippen molar-refractivity contribution in [2.75, 3.05) is 13.2 Å². The molecule has 4 saturated carbocycles. The summed E-state index contributed by atoms with van der Waals surface area (Å²) in [6.45, 7) is 5.99. The van der Waals surface area contributed by atoms with Crippen LogP contribution in [0.2, 0.25) is 0 Å². The van der Waals surface area contributed by atoms with Crippen LogP contribution in [0.4, 0.5) is 0 Å². The molecule has 92 valence electrons. The third-order valence-electron chi connectivity index (χ3n) is 4.85. The Bertz CT molecular complexity index is 236. The van der Waals surface area contributed by atoms with Crippen molar-refractivity contribution in [1.82, 2.24) is 0 Å². The van der Waals surface area contributed by atoms with E-state index in [0.29, 0.717) is 0 Å². The summed E-state index contributed by atoms with van der Waals surface area (Å²) in [5, 5.41) is 0. The fourth-order valence-electron chi connectivity index (χ4n) is 5.05. The molecule has 4 fully saturated rings. The van der Waals surface area contributed by atoms with Gasteiger partial charge in [-0.15, -0.1) is 0 Å². The van der Waals surface area contributed by atoms with E-state index in [9.17, 15) is 0 Å². The van der Waals surface area contributed by atoms with Gasteiger partial charge in [0.05, 0.1) is 11.2 Å². The lowest BCUT2D eigenvalue weighted by atomic mass is 9.52. The van der Waals surface area contributed by atoms with Gasteiger partial charge in [-0.3, -0.25) is 0 Å². The maximum atomic E-state index is 6.13. The van der Waals surface area contributed by atoms with Crippen molar-refractivity contribution >= 4 is 0 Å². The molecule has 4 aliphatic rings. The standard InChI is InChI=1S/C14H24O2/c1-3-15-13-6-11-5-12(7-13)9-14(8-11,10-13)16-4-2/h11-12H,3-10H2,1-2H3. The number of rotatable bonds is 4. The molecule has 4 rings (SSSR count). The molecule has 0 unspecified atom stereocenters. The molecule has 2 heteroatoms.